The van der Waals surface area contributed by atoms with E-state index in [9.17, 15) is 18.0 Å². The number of nitrogens with one attached hydrogen (secondary N) is 2. The zero-order valence-electron chi connectivity index (χ0n) is 12.4. The summed E-state index contributed by atoms with van der Waals surface area (Å²) in [4.78, 5) is 11.2. The molecule has 0 atom stereocenters. The van der Waals surface area contributed by atoms with Gasteiger partial charge >= 0.3 is 6.18 Å². The van der Waals surface area contributed by atoms with Gasteiger partial charge in [-0.1, -0.05) is 11.6 Å². The van der Waals surface area contributed by atoms with Crippen LogP contribution in [0.4, 0.5) is 24.5 Å². The van der Waals surface area contributed by atoms with Gasteiger partial charge < -0.3 is 10.6 Å². The Kier molecular flexibility index (Phi) is 5.46. The number of ketones is 1. The van der Waals surface area contributed by atoms with E-state index in [1.165, 1.54) is 19.1 Å². The van der Waals surface area contributed by atoms with Crippen molar-refractivity contribution in [3.8, 4) is 0 Å². The molecule has 0 aliphatic heterocycles. The van der Waals surface area contributed by atoms with E-state index >= 15 is 0 Å². The smallest absolute Gasteiger partial charge is 0.332 e. The summed E-state index contributed by atoms with van der Waals surface area (Å²) in [6.07, 6.45) is -4.56. The maximum Gasteiger partial charge on any atom is 0.418 e. The summed E-state index contributed by atoms with van der Waals surface area (Å²) in [5.74, 6) is -0.0850. The molecule has 0 saturated heterocycles. The Morgan fingerprint density at radius 1 is 1.08 bits per heavy atom. The Labute approximate surface area is 146 Å². The second kappa shape index (κ2) is 7.19. The number of Topliss-reactive ketones (excluding diaryl/α,β-unsaturated/α-hetero) is 1. The maximum atomic E-state index is 13.0. The molecule has 0 amide bonds. The molecule has 0 unspecified atom stereocenters. The molecule has 126 valence electrons. The lowest BCUT2D eigenvalue weighted by Gasteiger charge is -2.16. The number of alkyl halides is 3. The van der Waals surface area contributed by atoms with Gasteiger partial charge in [-0.05, 0) is 61.6 Å². The van der Waals surface area contributed by atoms with Crippen molar-refractivity contribution < 1.29 is 18.0 Å². The molecule has 3 nitrogen and oxygen atoms in total. The highest BCUT2D eigenvalue weighted by molar-refractivity contribution is 7.80. The minimum atomic E-state index is -4.56. The third-order valence-corrected chi connectivity index (χ3v) is 3.52. The van der Waals surface area contributed by atoms with Crippen LogP contribution in [0.1, 0.15) is 22.8 Å². The van der Waals surface area contributed by atoms with Crippen molar-refractivity contribution in [2.24, 2.45) is 0 Å². The molecule has 2 N–H and O–H groups in total. The predicted molar refractivity (Wildman–Crippen MR) is 92.7 cm³/mol. The summed E-state index contributed by atoms with van der Waals surface area (Å²) in [6, 6.07) is 9.78. The first-order valence-electron chi connectivity index (χ1n) is 6.72. The zero-order chi connectivity index (χ0) is 17.9. The van der Waals surface area contributed by atoms with Gasteiger partial charge in [0.05, 0.1) is 11.3 Å². The van der Waals surface area contributed by atoms with Crippen molar-refractivity contribution in [1.82, 2.24) is 0 Å². The van der Waals surface area contributed by atoms with Gasteiger partial charge in [0, 0.05) is 16.3 Å². The SMILES string of the molecule is CC(=O)c1ccc(NC(=S)Nc2ccc(Cl)cc2C(F)(F)F)cc1. The molecule has 0 radical (unpaired) electrons. The number of thiocarbonyl (C=S) groups is 1. The molecule has 8 heteroatoms. The number of halogens is 4. The van der Waals surface area contributed by atoms with Crippen LogP contribution >= 0.6 is 23.8 Å². The van der Waals surface area contributed by atoms with E-state index in [2.05, 4.69) is 10.6 Å². The number of benzene rings is 2. The van der Waals surface area contributed by atoms with E-state index in [0.717, 1.165) is 6.07 Å². The number of hydrogen-bond acceptors (Lipinski definition) is 2. The molecule has 2 aromatic carbocycles. The molecule has 0 saturated carbocycles. The van der Waals surface area contributed by atoms with Crippen LogP contribution in [0.15, 0.2) is 42.5 Å². The normalized spacial score (nSPS) is 11.0. The van der Waals surface area contributed by atoms with Crippen LogP contribution in [0, 0.1) is 0 Å². The van der Waals surface area contributed by atoms with Gasteiger partial charge in [0.2, 0.25) is 0 Å². The Balaban J connectivity index is 2.14. The zero-order valence-corrected chi connectivity index (χ0v) is 13.9. The van der Waals surface area contributed by atoms with Crippen LogP contribution in [0.2, 0.25) is 5.02 Å². The van der Waals surface area contributed by atoms with Crippen molar-refractivity contribution in [3.05, 3.63) is 58.6 Å². The van der Waals surface area contributed by atoms with Gasteiger partial charge in [-0.2, -0.15) is 13.2 Å². The molecule has 0 bridgehead atoms. The largest absolute Gasteiger partial charge is 0.418 e. The first-order valence-corrected chi connectivity index (χ1v) is 7.51. The molecule has 0 heterocycles. The second-order valence-electron chi connectivity index (χ2n) is 4.90. The first kappa shape index (κ1) is 18.2. The maximum absolute atomic E-state index is 13.0. The van der Waals surface area contributed by atoms with E-state index in [-0.39, 0.29) is 21.6 Å². The van der Waals surface area contributed by atoms with Crippen LogP contribution in [0.5, 0.6) is 0 Å². The van der Waals surface area contributed by atoms with E-state index < -0.39 is 11.7 Å². The molecule has 2 rings (SSSR count). The van der Waals surface area contributed by atoms with Gasteiger partial charge in [-0.25, -0.2) is 0 Å². The van der Waals surface area contributed by atoms with Crippen molar-refractivity contribution >= 4 is 46.1 Å². The van der Waals surface area contributed by atoms with Gasteiger partial charge in [0.15, 0.2) is 10.9 Å². The van der Waals surface area contributed by atoms with Crippen LogP contribution < -0.4 is 10.6 Å². The van der Waals surface area contributed by atoms with E-state index in [0.29, 0.717) is 11.3 Å². The van der Waals surface area contributed by atoms with Crippen molar-refractivity contribution in [2.45, 2.75) is 13.1 Å². The molecule has 0 aliphatic rings. The average molecular weight is 373 g/mol. The average Bonchev–Trinajstić information content (AvgIpc) is 2.48. The van der Waals surface area contributed by atoms with E-state index in [1.807, 2.05) is 0 Å². The van der Waals surface area contributed by atoms with Crippen LogP contribution in [-0.2, 0) is 6.18 Å². The monoisotopic (exact) mass is 372 g/mol. The summed E-state index contributed by atoms with van der Waals surface area (Å²) < 4.78 is 39.1. The van der Waals surface area contributed by atoms with Crippen molar-refractivity contribution in [3.63, 3.8) is 0 Å². The Bertz CT molecular complexity index is 776. The third kappa shape index (κ3) is 4.69. The Morgan fingerprint density at radius 3 is 2.25 bits per heavy atom. The second-order valence-corrected chi connectivity index (χ2v) is 5.75. The quantitative estimate of drug-likeness (QED) is 0.561. The van der Waals surface area contributed by atoms with Gasteiger partial charge in [-0.3, -0.25) is 4.79 Å². The number of carbonyl (C=O) groups is 1. The van der Waals surface area contributed by atoms with Crippen LogP contribution in [0.3, 0.4) is 0 Å². The van der Waals surface area contributed by atoms with Crippen molar-refractivity contribution in [1.29, 1.82) is 0 Å². The molecule has 0 aliphatic carbocycles. The molecule has 0 spiro atoms. The number of carbonyl (C=O) groups excluding carboxylic acids is 1. The standard InChI is InChI=1S/C16H12ClF3N2OS/c1-9(23)10-2-5-12(6-3-10)21-15(24)22-14-7-4-11(17)8-13(14)16(18,19)20/h2-8H,1H3,(H2,21,22,24). The minimum Gasteiger partial charge on any atom is -0.332 e. The van der Waals surface area contributed by atoms with Crippen molar-refractivity contribution in [2.75, 3.05) is 10.6 Å². The fourth-order valence-corrected chi connectivity index (χ4v) is 2.33. The lowest BCUT2D eigenvalue weighted by molar-refractivity contribution is -0.136. The lowest BCUT2D eigenvalue weighted by Crippen LogP contribution is -2.21. The van der Waals surface area contributed by atoms with E-state index in [1.54, 1.807) is 24.3 Å². The fourth-order valence-electron chi connectivity index (χ4n) is 1.93. The fraction of sp³-hybridized carbons (Fsp3) is 0.125. The molecule has 0 aromatic heterocycles. The van der Waals surface area contributed by atoms with E-state index in [4.69, 9.17) is 23.8 Å². The first-order chi connectivity index (χ1) is 11.2. The molecular weight excluding hydrogens is 361 g/mol. The molecular formula is C16H12ClF3N2OS. The summed E-state index contributed by atoms with van der Waals surface area (Å²) in [5.41, 5.74) is -0.0488. The highest BCUT2D eigenvalue weighted by Gasteiger charge is 2.34. The summed E-state index contributed by atoms with van der Waals surface area (Å²) in [5, 5.41) is 5.23. The Morgan fingerprint density at radius 2 is 1.71 bits per heavy atom. The molecule has 2 aromatic rings. The number of hydrogen-bond donors (Lipinski definition) is 2. The van der Waals surface area contributed by atoms with Crippen LogP contribution in [-0.4, -0.2) is 10.9 Å². The topological polar surface area (TPSA) is 41.1 Å². The highest BCUT2D eigenvalue weighted by atomic mass is 35.5. The summed E-state index contributed by atoms with van der Waals surface area (Å²) >= 11 is 10.7. The Hall–Kier alpha value is -2.12. The number of anilines is 2. The highest BCUT2D eigenvalue weighted by Crippen LogP contribution is 2.36. The lowest BCUT2D eigenvalue weighted by atomic mass is 10.1. The molecule has 24 heavy (non-hydrogen) atoms. The third-order valence-electron chi connectivity index (χ3n) is 3.08. The number of rotatable bonds is 3. The van der Waals surface area contributed by atoms with Crippen LogP contribution in [0.25, 0.3) is 0 Å². The predicted octanol–water partition coefficient (Wildman–Crippen LogP) is 5.37. The van der Waals surface area contributed by atoms with Gasteiger partial charge in [-0.15, -0.1) is 0 Å². The van der Waals surface area contributed by atoms with Gasteiger partial charge in [0.25, 0.3) is 0 Å². The summed E-state index contributed by atoms with van der Waals surface area (Å²) in [6.45, 7) is 1.44. The minimum absolute atomic E-state index is 0.0154. The van der Waals surface area contributed by atoms with Gasteiger partial charge in [0.1, 0.15) is 0 Å². The summed E-state index contributed by atoms with van der Waals surface area (Å²) in [7, 11) is 0. The molecule has 0 fully saturated rings.